The van der Waals surface area contributed by atoms with E-state index in [-0.39, 0.29) is 18.1 Å². The highest BCUT2D eigenvalue weighted by Gasteiger charge is 2.13. The molecule has 1 heterocycles. The topological polar surface area (TPSA) is 79.0 Å². The second-order valence-electron chi connectivity index (χ2n) is 5.74. The summed E-state index contributed by atoms with van der Waals surface area (Å²) in [5, 5.41) is 7.65. The van der Waals surface area contributed by atoms with E-state index in [1.807, 2.05) is 19.1 Å². The van der Waals surface area contributed by atoms with Crippen LogP contribution in [0.5, 0.6) is 5.75 Å². The normalized spacial score (nSPS) is 10.7. The Morgan fingerprint density at radius 3 is 2.60 bits per heavy atom. The van der Waals surface area contributed by atoms with Crippen LogP contribution < -0.4 is 10.4 Å². The van der Waals surface area contributed by atoms with E-state index >= 15 is 0 Å². The van der Waals surface area contributed by atoms with Crippen LogP contribution in [-0.4, -0.2) is 25.6 Å². The quantitative estimate of drug-likeness (QED) is 0.665. The molecule has 3 rings (SSSR count). The Morgan fingerprint density at radius 2 is 1.92 bits per heavy atom. The molecular formula is C18H18N4O3. The fourth-order valence-corrected chi connectivity index (χ4v) is 2.50. The smallest absolute Gasteiger partial charge is 0.368 e. The minimum absolute atomic E-state index is 0.0202. The Labute approximate surface area is 144 Å². The predicted octanol–water partition coefficient (Wildman–Crippen LogP) is 2.06. The van der Waals surface area contributed by atoms with E-state index in [0.29, 0.717) is 17.0 Å². The van der Waals surface area contributed by atoms with Gasteiger partial charge in [-0.1, -0.05) is 24.3 Å². The van der Waals surface area contributed by atoms with Crippen molar-refractivity contribution in [1.82, 2.24) is 19.8 Å². The number of aromatic nitrogens is 4. The third-order valence-electron chi connectivity index (χ3n) is 3.96. The van der Waals surface area contributed by atoms with Crippen LogP contribution in [0.1, 0.15) is 28.4 Å². The number of Topliss-reactive ketones (excluding diaryl/α,β-unsaturated/α-hetero) is 1. The highest BCUT2D eigenvalue weighted by atomic mass is 16.5. The molecule has 3 aromatic rings. The summed E-state index contributed by atoms with van der Waals surface area (Å²) in [6.07, 6.45) is 0. The molecule has 1 aromatic heterocycles. The van der Waals surface area contributed by atoms with Crippen LogP contribution in [0.2, 0.25) is 0 Å². The summed E-state index contributed by atoms with van der Waals surface area (Å²) < 4.78 is 8.27. The van der Waals surface area contributed by atoms with Gasteiger partial charge in [-0.05, 0) is 48.0 Å². The van der Waals surface area contributed by atoms with Crippen LogP contribution in [0.3, 0.4) is 0 Å². The number of tetrazole rings is 1. The maximum atomic E-state index is 12.1. The molecule has 0 unspecified atom stereocenters. The zero-order valence-corrected chi connectivity index (χ0v) is 14.3. The fourth-order valence-electron chi connectivity index (χ4n) is 2.50. The van der Waals surface area contributed by atoms with Crippen LogP contribution in [-0.2, 0) is 13.7 Å². The maximum Gasteiger partial charge on any atom is 0.368 e. The molecule has 0 aliphatic rings. The lowest BCUT2D eigenvalue weighted by Gasteiger charge is -2.13. The second kappa shape index (κ2) is 6.72. The fraction of sp³-hybridized carbons (Fsp3) is 0.222. The molecule has 0 atom stereocenters. The van der Waals surface area contributed by atoms with Gasteiger partial charge in [0.25, 0.3) is 0 Å². The van der Waals surface area contributed by atoms with Gasteiger partial charge in [0.15, 0.2) is 5.78 Å². The van der Waals surface area contributed by atoms with Crippen molar-refractivity contribution in [3.05, 3.63) is 69.6 Å². The highest BCUT2D eigenvalue weighted by molar-refractivity contribution is 5.94. The number of rotatable bonds is 5. The number of aryl methyl sites for hydroxylation is 2. The van der Waals surface area contributed by atoms with E-state index in [1.165, 1.54) is 16.3 Å². The minimum Gasteiger partial charge on any atom is -0.489 e. The molecule has 0 saturated carbocycles. The Balaban J connectivity index is 1.93. The van der Waals surface area contributed by atoms with Gasteiger partial charge < -0.3 is 4.74 Å². The predicted molar refractivity (Wildman–Crippen MR) is 92.1 cm³/mol. The standard InChI is InChI=1S/C18H18N4O3/c1-12-6-4-9-17(22-18(24)21(3)19-20-22)16(12)11-25-15-8-5-7-14(10-15)13(2)23/h4-10H,11H2,1-3H3. The van der Waals surface area contributed by atoms with Gasteiger partial charge in [-0.3, -0.25) is 4.79 Å². The number of carbonyl (C=O) groups excluding carboxylic acids is 1. The molecular weight excluding hydrogens is 320 g/mol. The van der Waals surface area contributed by atoms with Crippen LogP contribution in [0.4, 0.5) is 0 Å². The van der Waals surface area contributed by atoms with Crippen molar-refractivity contribution in [2.45, 2.75) is 20.5 Å². The van der Waals surface area contributed by atoms with Gasteiger partial charge in [-0.15, -0.1) is 0 Å². The molecule has 2 aromatic carbocycles. The third kappa shape index (κ3) is 3.35. The number of ether oxygens (including phenoxy) is 1. The Bertz CT molecular complexity index is 988. The van der Waals surface area contributed by atoms with Crippen LogP contribution in [0.15, 0.2) is 47.3 Å². The van der Waals surface area contributed by atoms with Crippen molar-refractivity contribution in [3.63, 3.8) is 0 Å². The Morgan fingerprint density at radius 1 is 1.16 bits per heavy atom. The van der Waals surface area contributed by atoms with E-state index in [2.05, 4.69) is 10.4 Å². The second-order valence-corrected chi connectivity index (χ2v) is 5.74. The largest absolute Gasteiger partial charge is 0.489 e. The number of ketones is 1. The van der Waals surface area contributed by atoms with Gasteiger partial charge in [-0.25, -0.2) is 4.79 Å². The Hall–Kier alpha value is -3.22. The van der Waals surface area contributed by atoms with Gasteiger partial charge in [-0.2, -0.15) is 9.36 Å². The molecule has 7 nitrogen and oxygen atoms in total. The third-order valence-corrected chi connectivity index (χ3v) is 3.96. The molecule has 0 saturated heterocycles. The summed E-state index contributed by atoms with van der Waals surface area (Å²) >= 11 is 0. The van der Waals surface area contributed by atoms with E-state index in [4.69, 9.17) is 4.74 Å². The molecule has 0 bridgehead atoms. The molecule has 0 aliphatic carbocycles. The number of nitrogens with zero attached hydrogens (tertiary/aromatic N) is 4. The molecule has 25 heavy (non-hydrogen) atoms. The first-order valence-electron chi connectivity index (χ1n) is 7.79. The summed E-state index contributed by atoms with van der Waals surface area (Å²) in [7, 11) is 1.55. The van der Waals surface area contributed by atoms with Gasteiger partial charge in [0, 0.05) is 18.2 Å². The number of benzene rings is 2. The monoisotopic (exact) mass is 338 g/mol. The number of hydrogen-bond donors (Lipinski definition) is 0. The summed E-state index contributed by atoms with van der Waals surface area (Å²) in [4.78, 5) is 23.6. The van der Waals surface area contributed by atoms with Gasteiger partial charge >= 0.3 is 5.69 Å². The summed E-state index contributed by atoms with van der Waals surface area (Å²) in [6.45, 7) is 3.70. The molecule has 0 spiro atoms. The van der Waals surface area contributed by atoms with Crippen LogP contribution >= 0.6 is 0 Å². The molecule has 0 aliphatic heterocycles. The average Bonchev–Trinajstić information content (AvgIpc) is 2.93. The summed E-state index contributed by atoms with van der Waals surface area (Å²) in [5.41, 5.74) is 2.69. The van der Waals surface area contributed by atoms with E-state index in [9.17, 15) is 9.59 Å². The van der Waals surface area contributed by atoms with Crippen LogP contribution in [0.25, 0.3) is 5.69 Å². The molecule has 128 valence electrons. The van der Waals surface area contributed by atoms with Crippen molar-refractivity contribution in [2.24, 2.45) is 7.05 Å². The van der Waals surface area contributed by atoms with E-state index < -0.39 is 0 Å². The van der Waals surface area contributed by atoms with E-state index in [0.717, 1.165) is 11.1 Å². The van der Waals surface area contributed by atoms with Crippen LogP contribution in [0, 0.1) is 6.92 Å². The minimum atomic E-state index is -0.328. The lowest BCUT2D eigenvalue weighted by Crippen LogP contribution is -2.23. The molecule has 0 fully saturated rings. The number of hydrogen-bond acceptors (Lipinski definition) is 5. The first kappa shape index (κ1) is 16.6. The lowest BCUT2D eigenvalue weighted by atomic mass is 10.1. The van der Waals surface area contributed by atoms with Crippen molar-refractivity contribution in [1.29, 1.82) is 0 Å². The lowest BCUT2D eigenvalue weighted by molar-refractivity contribution is 0.101. The van der Waals surface area contributed by atoms with Gasteiger partial charge in [0.2, 0.25) is 0 Å². The summed E-state index contributed by atoms with van der Waals surface area (Å²) in [5.74, 6) is 0.571. The molecule has 0 N–H and O–H groups in total. The van der Waals surface area contributed by atoms with Crippen molar-refractivity contribution in [2.75, 3.05) is 0 Å². The SMILES string of the molecule is CC(=O)c1cccc(OCc2c(C)cccc2-n2nnn(C)c2=O)c1. The average molecular weight is 338 g/mol. The number of carbonyl (C=O) groups is 1. The first-order chi connectivity index (χ1) is 12.0. The van der Waals surface area contributed by atoms with Crippen molar-refractivity contribution in [3.8, 4) is 11.4 Å². The Kier molecular flexibility index (Phi) is 4.47. The molecule has 7 heteroatoms. The molecule has 0 radical (unpaired) electrons. The molecule has 0 amide bonds. The van der Waals surface area contributed by atoms with Crippen molar-refractivity contribution < 1.29 is 9.53 Å². The van der Waals surface area contributed by atoms with Gasteiger partial charge in [0.1, 0.15) is 12.4 Å². The van der Waals surface area contributed by atoms with E-state index in [1.54, 1.807) is 37.4 Å². The summed E-state index contributed by atoms with van der Waals surface area (Å²) in [6, 6.07) is 12.6. The zero-order chi connectivity index (χ0) is 18.0. The highest BCUT2D eigenvalue weighted by Crippen LogP contribution is 2.21. The first-order valence-corrected chi connectivity index (χ1v) is 7.79. The zero-order valence-electron chi connectivity index (χ0n) is 14.3. The van der Waals surface area contributed by atoms with Gasteiger partial charge in [0.05, 0.1) is 5.69 Å². The van der Waals surface area contributed by atoms with Crippen molar-refractivity contribution >= 4 is 5.78 Å². The maximum absolute atomic E-state index is 12.1.